The molecule has 2 heterocycles. The average Bonchev–Trinajstić information content (AvgIpc) is 2.87. The zero-order chi connectivity index (χ0) is 29.1. The third-order valence-electron chi connectivity index (χ3n) is 5.55. The van der Waals surface area contributed by atoms with Crippen LogP contribution in [0.3, 0.4) is 0 Å². The Morgan fingerprint density at radius 1 is 0.974 bits per heavy atom. The Hall–Kier alpha value is -2.74. The number of sulfonamides is 1. The normalized spacial score (nSPS) is 12.3. The van der Waals surface area contributed by atoms with Gasteiger partial charge in [-0.15, -0.1) is 0 Å². The van der Waals surface area contributed by atoms with Gasteiger partial charge in [0.15, 0.2) is 5.03 Å². The van der Waals surface area contributed by atoms with Crippen LogP contribution >= 0.6 is 46.4 Å². The molecule has 1 aromatic carbocycles. The second-order valence-corrected chi connectivity index (χ2v) is 11.4. The molecule has 2 aromatic heterocycles. The lowest BCUT2D eigenvalue weighted by atomic mass is 10.1. The highest BCUT2D eigenvalue weighted by atomic mass is 35.5. The number of benzene rings is 1. The molecule has 0 aliphatic carbocycles. The maximum absolute atomic E-state index is 13.0. The van der Waals surface area contributed by atoms with Gasteiger partial charge in [-0.25, -0.2) is 23.2 Å². The predicted molar refractivity (Wildman–Crippen MR) is 150 cm³/mol. The number of halogens is 4. The molecule has 0 aliphatic heterocycles. The van der Waals surface area contributed by atoms with E-state index in [9.17, 15) is 23.1 Å². The molecule has 0 aliphatic rings. The van der Waals surface area contributed by atoms with Crippen LogP contribution in [0.25, 0.3) is 0 Å². The van der Waals surface area contributed by atoms with E-state index in [1.165, 1.54) is 40.7 Å². The monoisotopic (exact) mass is 634 g/mol. The van der Waals surface area contributed by atoms with Crippen molar-refractivity contribution in [2.24, 2.45) is 0 Å². The molecule has 1 atom stereocenters. The van der Waals surface area contributed by atoms with Crippen LogP contribution in [0.15, 0.2) is 41.9 Å². The summed E-state index contributed by atoms with van der Waals surface area (Å²) in [6.07, 6.45) is 3.59. The van der Waals surface area contributed by atoms with Crippen LogP contribution in [0.4, 0.5) is 17.2 Å². The summed E-state index contributed by atoms with van der Waals surface area (Å²) in [6.45, 7) is 5.13. The van der Waals surface area contributed by atoms with Gasteiger partial charge in [-0.1, -0.05) is 60.3 Å². The third-order valence-corrected chi connectivity index (χ3v) is 8.67. The summed E-state index contributed by atoms with van der Waals surface area (Å²) in [5.74, 6) is -2.04. The fraction of sp³-hybridized carbons (Fsp3) is 0.261. The summed E-state index contributed by atoms with van der Waals surface area (Å²) < 4.78 is 27.3. The molecule has 0 spiro atoms. The van der Waals surface area contributed by atoms with Gasteiger partial charge >= 0.3 is 5.97 Å². The smallest absolute Gasteiger partial charge is 0.326 e. The van der Waals surface area contributed by atoms with Gasteiger partial charge in [0.05, 0.1) is 31.3 Å². The van der Waals surface area contributed by atoms with Gasteiger partial charge in [-0.05, 0) is 19.1 Å². The molecule has 3 aromatic rings. The maximum atomic E-state index is 13.0. The highest BCUT2D eigenvalue weighted by Crippen LogP contribution is 2.37. The Morgan fingerprint density at radius 3 is 2.05 bits per heavy atom. The number of hydrogen-bond acceptors (Lipinski definition) is 8. The van der Waals surface area contributed by atoms with Crippen molar-refractivity contribution in [2.45, 2.75) is 31.8 Å². The lowest BCUT2D eigenvalue weighted by Crippen LogP contribution is -2.36. The largest absolute Gasteiger partial charge is 0.480 e. The van der Waals surface area contributed by atoms with Crippen molar-refractivity contribution in [1.29, 1.82) is 0 Å². The number of carbonyl (C=O) groups is 2. The summed E-state index contributed by atoms with van der Waals surface area (Å²) >= 11 is 25.0. The van der Waals surface area contributed by atoms with Crippen molar-refractivity contribution in [2.75, 3.05) is 23.3 Å². The first-order chi connectivity index (χ1) is 18.3. The predicted octanol–water partition coefficient (Wildman–Crippen LogP) is 5.38. The van der Waals surface area contributed by atoms with Gasteiger partial charge in [0.25, 0.3) is 15.9 Å². The molecule has 2 N–H and O–H groups in total. The van der Waals surface area contributed by atoms with E-state index < -0.39 is 27.9 Å². The third kappa shape index (κ3) is 6.53. The molecule has 1 amide bonds. The van der Waals surface area contributed by atoms with E-state index in [0.29, 0.717) is 0 Å². The molecule has 0 bridgehead atoms. The van der Waals surface area contributed by atoms with Gasteiger partial charge in [0, 0.05) is 37.2 Å². The lowest BCUT2D eigenvalue weighted by Gasteiger charge is -2.29. The lowest BCUT2D eigenvalue weighted by molar-refractivity contribution is -0.138. The summed E-state index contributed by atoms with van der Waals surface area (Å²) in [4.78, 5) is 38.0. The minimum atomic E-state index is -3.98. The number of hydrogen-bond donors (Lipinski definition) is 2. The van der Waals surface area contributed by atoms with Crippen LogP contribution in [-0.2, 0) is 14.8 Å². The number of amides is 1. The van der Waals surface area contributed by atoms with E-state index >= 15 is 0 Å². The van der Waals surface area contributed by atoms with Crippen LogP contribution in [0, 0.1) is 0 Å². The van der Waals surface area contributed by atoms with Gasteiger partial charge in [-0.2, -0.15) is 4.31 Å². The Morgan fingerprint density at radius 2 is 1.54 bits per heavy atom. The van der Waals surface area contributed by atoms with Gasteiger partial charge in [0.2, 0.25) is 0 Å². The SMILES string of the molecule is CCN(CC)S(=O)(=O)c1cc(N(c2cc(Cl)c(C(=O)Nc3c(Cl)cncc3Cl)c(Cl)c2)C(C)C(=O)O)ncn1. The number of nitrogens with one attached hydrogen (secondary N) is 1. The molecule has 11 nitrogen and oxygen atoms in total. The Labute approximate surface area is 244 Å². The van der Waals surface area contributed by atoms with Crippen molar-refractivity contribution in [3.63, 3.8) is 0 Å². The van der Waals surface area contributed by atoms with E-state index in [0.717, 1.165) is 12.4 Å². The topological polar surface area (TPSA) is 146 Å². The van der Waals surface area contributed by atoms with E-state index in [-0.39, 0.29) is 61.0 Å². The second-order valence-electron chi connectivity index (χ2n) is 7.90. The number of anilines is 3. The molecule has 0 saturated carbocycles. The highest BCUT2D eigenvalue weighted by molar-refractivity contribution is 7.89. The summed E-state index contributed by atoms with van der Waals surface area (Å²) in [7, 11) is -3.98. The number of aromatic nitrogens is 3. The van der Waals surface area contributed by atoms with Gasteiger partial charge in [0.1, 0.15) is 18.2 Å². The van der Waals surface area contributed by atoms with Crippen LogP contribution < -0.4 is 10.2 Å². The van der Waals surface area contributed by atoms with Crippen molar-refractivity contribution in [3.05, 3.63) is 62.6 Å². The number of pyridine rings is 1. The Bertz CT molecular complexity index is 1480. The zero-order valence-corrected chi connectivity index (χ0v) is 24.5. The molecule has 208 valence electrons. The van der Waals surface area contributed by atoms with Crippen LogP contribution in [0.1, 0.15) is 31.1 Å². The molecule has 0 fully saturated rings. The van der Waals surface area contributed by atoms with Crippen LogP contribution in [0.2, 0.25) is 20.1 Å². The van der Waals surface area contributed by atoms with Gasteiger partial charge in [-0.3, -0.25) is 9.78 Å². The summed E-state index contributed by atoms with van der Waals surface area (Å²) in [5.41, 5.74) is 0.0846. The van der Waals surface area contributed by atoms with Crippen molar-refractivity contribution < 1.29 is 23.1 Å². The quantitative estimate of drug-likeness (QED) is 0.280. The van der Waals surface area contributed by atoms with Crippen LogP contribution in [0.5, 0.6) is 0 Å². The number of carbonyl (C=O) groups excluding carboxylic acids is 1. The number of carboxylic acids is 1. The number of aliphatic carboxylic acids is 1. The molecule has 0 radical (unpaired) electrons. The van der Waals surface area contributed by atoms with E-state index in [2.05, 4.69) is 20.3 Å². The molecule has 0 saturated heterocycles. The van der Waals surface area contributed by atoms with Crippen molar-refractivity contribution in [3.8, 4) is 0 Å². The minimum Gasteiger partial charge on any atom is -0.480 e. The van der Waals surface area contributed by atoms with Crippen molar-refractivity contribution >= 4 is 85.5 Å². The fourth-order valence-electron chi connectivity index (χ4n) is 3.59. The molecule has 39 heavy (non-hydrogen) atoms. The molecular formula is C23H22Cl4N6O5S. The first-order valence-corrected chi connectivity index (χ1v) is 14.2. The van der Waals surface area contributed by atoms with E-state index in [1.807, 2.05) is 0 Å². The van der Waals surface area contributed by atoms with Crippen molar-refractivity contribution in [1.82, 2.24) is 19.3 Å². The number of nitrogens with zero attached hydrogens (tertiary/aromatic N) is 5. The Balaban J connectivity index is 2.09. The summed E-state index contributed by atoms with van der Waals surface area (Å²) in [5, 5.41) is 11.9. The first-order valence-electron chi connectivity index (χ1n) is 11.3. The maximum Gasteiger partial charge on any atom is 0.326 e. The Kier molecular flexibility index (Phi) is 9.97. The molecular weight excluding hydrogens is 614 g/mol. The molecule has 16 heteroatoms. The second kappa shape index (κ2) is 12.6. The fourth-order valence-corrected chi connectivity index (χ4v) is 6.07. The average molecular weight is 636 g/mol. The molecule has 3 rings (SSSR count). The van der Waals surface area contributed by atoms with Crippen LogP contribution in [-0.4, -0.2) is 63.8 Å². The van der Waals surface area contributed by atoms with Gasteiger partial charge < -0.3 is 15.3 Å². The van der Waals surface area contributed by atoms with E-state index in [1.54, 1.807) is 13.8 Å². The standard InChI is InChI=1S/C23H22Cl4N6O5S/c1-4-32(5-2)39(37,38)19-8-18(29-11-30-19)33(12(3)23(35)36)13-6-14(24)20(15(25)7-13)22(34)31-21-16(26)9-28-10-17(21)27/h6-12H,4-5H2,1-3H3,(H,35,36)(H,28,31,34). The first kappa shape index (κ1) is 30.8. The minimum absolute atomic E-state index is 0.0506. The number of carboxylic acid groups (broad SMARTS) is 1. The summed E-state index contributed by atoms with van der Waals surface area (Å²) in [6, 6.07) is 2.50. The zero-order valence-electron chi connectivity index (χ0n) is 20.7. The number of rotatable bonds is 10. The molecule has 1 unspecified atom stereocenters. The van der Waals surface area contributed by atoms with E-state index in [4.69, 9.17) is 46.4 Å². The highest BCUT2D eigenvalue weighted by Gasteiger charge is 2.30.